The first kappa shape index (κ1) is 16.5. The fourth-order valence-corrected chi connectivity index (χ4v) is 1.87. The van der Waals surface area contributed by atoms with Crippen molar-refractivity contribution in [2.24, 2.45) is 0 Å². The second-order valence-electron chi connectivity index (χ2n) is 5.05. The third-order valence-corrected chi connectivity index (χ3v) is 3.08. The molecule has 120 valence electrons. The first-order valence-corrected chi connectivity index (χ1v) is 6.96. The van der Waals surface area contributed by atoms with E-state index >= 15 is 0 Å². The summed E-state index contributed by atoms with van der Waals surface area (Å²) in [6, 6.07) is 12.6. The number of amides is 1. The summed E-state index contributed by atoms with van der Waals surface area (Å²) >= 11 is 0. The summed E-state index contributed by atoms with van der Waals surface area (Å²) in [5, 5.41) is 2.35. The number of ether oxygens (including phenoxy) is 1. The maximum Gasteiger partial charge on any atom is 0.338 e. The predicted molar refractivity (Wildman–Crippen MR) is 86.1 cm³/mol. The summed E-state index contributed by atoms with van der Waals surface area (Å²) in [6.07, 6.45) is 0. The lowest BCUT2D eigenvalue weighted by atomic mass is 10.2. The quantitative estimate of drug-likeness (QED) is 0.862. The molecule has 0 radical (unpaired) electrons. The van der Waals surface area contributed by atoms with Crippen molar-refractivity contribution in [3.63, 3.8) is 0 Å². The molecule has 6 heteroatoms. The van der Waals surface area contributed by atoms with Gasteiger partial charge in [0.05, 0.1) is 11.3 Å². The Labute approximate surface area is 133 Å². The van der Waals surface area contributed by atoms with Gasteiger partial charge in [-0.3, -0.25) is 4.79 Å². The summed E-state index contributed by atoms with van der Waals surface area (Å²) < 4.78 is 18.4. The van der Waals surface area contributed by atoms with Crippen LogP contribution in [0.5, 0.6) is 0 Å². The second-order valence-corrected chi connectivity index (χ2v) is 5.05. The van der Waals surface area contributed by atoms with E-state index in [1.807, 2.05) is 25.1 Å². The van der Waals surface area contributed by atoms with Gasteiger partial charge in [-0.2, -0.15) is 0 Å². The molecule has 0 bridgehead atoms. The van der Waals surface area contributed by atoms with E-state index in [1.165, 1.54) is 18.2 Å². The van der Waals surface area contributed by atoms with Crippen LogP contribution in [0, 0.1) is 5.82 Å². The van der Waals surface area contributed by atoms with Crippen LogP contribution in [-0.4, -0.2) is 32.6 Å². The minimum atomic E-state index is -0.614. The van der Waals surface area contributed by atoms with Crippen molar-refractivity contribution in [1.82, 2.24) is 0 Å². The topological polar surface area (TPSA) is 58.6 Å². The van der Waals surface area contributed by atoms with Crippen LogP contribution in [0.2, 0.25) is 0 Å². The number of hydrogen-bond donors (Lipinski definition) is 1. The Balaban J connectivity index is 1.92. The Morgan fingerprint density at radius 2 is 1.87 bits per heavy atom. The molecule has 0 aliphatic heterocycles. The average Bonchev–Trinajstić information content (AvgIpc) is 2.55. The van der Waals surface area contributed by atoms with Crippen LogP contribution in [0.25, 0.3) is 0 Å². The van der Waals surface area contributed by atoms with Gasteiger partial charge in [-0.25, -0.2) is 9.18 Å². The summed E-state index contributed by atoms with van der Waals surface area (Å²) in [6.45, 7) is -0.487. The molecule has 0 aliphatic rings. The molecule has 0 saturated heterocycles. The van der Waals surface area contributed by atoms with E-state index in [0.717, 1.165) is 5.69 Å². The van der Waals surface area contributed by atoms with Crippen molar-refractivity contribution in [3.8, 4) is 0 Å². The zero-order valence-corrected chi connectivity index (χ0v) is 12.9. The molecule has 0 unspecified atom stereocenters. The van der Waals surface area contributed by atoms with E-state index in [2.05, 4.69) is 5.32 Å². The van der Waals surface area contributed by atoms with Gasteiger partial charge in [-0.1, -0.05) is 18.2 Å². The molecule has 2 aromatic carbocycles. The minimum Gasteiger partial charge on any atom is -0.452 e. The number of carbonyl (C=O) groups is 2. The number of carbonyl (C=O) groups excluding carboxylic acids is 2. The molecule has 0 saturated carbocycles. The maximum atomic E-state index is 13.4. The van der Waals surface area contributed by atoms with Gasteiger partial charge in [-0.05, 0) is 30.3 Å². The normalized spacial score (nSPS) is 10.0. The zero-order valence-electron chi connectivity index (χ0n) is 12.9. The van der Waals surface area contributed by atoms with Gasteiger partial charge in [0, 0.05) is 19.8 Å². The molecule has 0 aromatic heterocycles. The third kappa shape index (κ3) is 4.54. The van der Waals surface area contributed by atoms with Crippen LogP contribution >= 0.6 is 0 Å². The first-order valence-electron chi connectivity index (χ1n) is 6.96. The van der Waals surface area contributed by atoms with Gasteiger partial charge in [0.15, 0.2) is 6.61 Å². The van der Waals surface area contributed by atoms with Crippen LogP contribution in [0.1, 0.15) is 10.4 Å². The second kappa shape index (κ2) is 7.40. The zero-order chi connectivity index (χ0) is 16.8. The first-order chi connectivity index (χ1) is 11.0. The van der Waals surface area contributed by atoms with Crippen LogP contribution in [0.15, 0.2) is 48.5 Å². The highest BCUT2D eigenvalue weighted by molar-refractivity contribution is 5.95. The fraction of sp³-hybridized carbons (Fsp3) is 0.176. The summed E-state index contributed by atoms with van der Waals surface area (Å²) in [7, 11) is 3.71. The molecular formula is C17H17FN2O3. The fourth-order valence-electron chi connectivity index (χ4n) is 1.87. The van der Waals surface area contributed by atoms with E-state index in [9.17, 15) is 14.0 Å². The number of nitrogens with zero attached hydrogens (tertiary/aromatic N) is 1. The van der Waals surface area contributed by atoms with Crippen LogP contribution in [0.4, 0.5) is 15.8 Å². The van der Waals surface area contributed by atoms with Gasteiger partial charge in [0.2, 0.25) is 0 Å². The van der Waals surface area contributed by atoms with Gasteiger partial charge >= 0.3 is 5.97 Å². The molecule has 0 atom stereocenters. The Morgan fingerprint density at radius 1 is 1.13 bits per heavy atom. The maximum absolute atomic E-state index is 13.4. The third-order valence-electron chi connectivity index (χ3n) is 3.08. The summed E-state index contributed by atoms with van der Waals surface area (Å²) in [5.74, 6) is -1.77. The number of benzene rings is 2. The summed E-state index contributed by atoms with van der Waals surface area (Å²) in [5.41, 5.74) is 1.23. The molecule has 23 heavy (non-hydrogen) atoms. The van der Waals surface area contributed by atoms with E-state index < -0.39 is 24.3 Å². The Morgan fingerprint density at radius 3 is 2.57 bits per heavy atom. The molecule has 0 heterocycles. The Kier molecular flexibility index (Phi) is 5.30. The average molecular weight is 316 g/mol. The molecule has 0 aliphatic carbocycles. The largest absolute Gasteiger partial charge is 0.452 e. The standard InChI is InChI=1S/C17H17FN2O3/c1-20(2)13-7-5-6-12(10-13)17(22)23-11-16(21)19-15-9-4-3-8-14(15)18/h3-10H,11H2,1-2H3,(H,19,21). The Bertz CT molecular complexity index is 716. The number of halogens is 1. The van der Waals surface area contributed by atoms with Gasteiger partial charge < -0.3 is 15.0 Å². The predicted octanol–water partition coefficient (Wildman–Crippen LogP) is 2.69. The number of anilines is 2. The van der Waals surface area contributed by atoms with Crippen molar-refractivity contribution in [3.05, 3.63) is 59.9 Å². The molecule has 2 aromatic rings. The van der Waals surface area contributed by atoms with Gasteiger partial charge in [0.25, 0.3) is 5.91 Å². The summed E-state index contributed by atoms with van der Waals surface area (Å²) in [4.78, 5) is 25.5. The number of rotatable bonds is 5. The molecule has 0 fully saturated rings. The lowest BCUT2D eigenvalue weighted by molar-refractivity contribution is -0.119. The molecule has 1 N–H and O–H groups in total. The molecular weight excluding hydrogens is 299 g/mol. The number of para-hydroxylation sites is 1. The highest BCUT2D eigenvalue weighted by Gasteiger charge is 2.12. The lowest BCUT2D eigenvalue weighted by Crippen LogP contribution is -2.21. The lowest BCUT2D eigenvalue weighted by Gasteiger charge is -2.13. The number of hydrogen-bond acceptors (Lipinski definition) is 4. The van der Waals surface area contributed by atoms with E-state index in [0.29, 0.717) is 5.56 Å². The van der Waals surface area contributed by atoms with E-state index in [4.69, 9.17) is 4.74 Å². The van der Waals surface area contributed by atoms with Crippen molar-refractivity contribution < 1.29 is 18.7 Å². The van der Waals surface area contributed by atoms with E-state index in [-0.39, 0.29) is 5.69 Å². The van der Waals surface area contributed by atoms with Crippen molar-refractivity contribution in [2.75, 3.05) is 30.9 Å². The number of nitrogens with one attached hydrogen (secondary N) is 1. The minimum absolute atomic E-state index is 0.0446. The molecule has 0 spiro atoms. The van der Waals surface area contributed by atoms with E-state index in [1.54, 1.807) is 24.3 Å². The van der Waals surface area contributed by atoms with Gasteiger partial charge in [0.1, 0.15) is 5.82 Å². The smallest absolute Gasteiger partial charge is 0.338 e. The Hall–Kier alpha value is -2.89. The van der Waals surface area contributed by atoms with Crippen molar-refractivity contribution >= 4 is 23.3 Å². The highest BCUT2D eigenvalue weighted by atomic mass is 19.1. The molecule has 5 nitrogen and oxygen atoms in total. The molecule has 2 rings (SSSR count). The van der Waals surface area contributed by atoms with Crippen molar-refractivity contribution in [1.29, 1.82) is 0 Å². The SMILES string of the molecule is CN(C)c1cccc(C(=O)OCC(=O)Nc2ccccc2F)c1. The van der Waals surface area contributed by atoms with Crippen LogP contribution in [-0.2, 0) is 9.53 Å². The highest BCUT2D eigenvalue weighted by Crippen LogP contribution is 2.15. The monoisotopic (exact) mass is 316 g/mol. The molecule has 1 amide bonds. The van der Waals surface area contributed by atoms with Crippen molar-refractivity contribution in [2.45, 2.75) is 0 Å². The van der Waals surface area contributed by atoms with Crippen LogP contribution in [0.3, 0.4) is 0 Å². The van der Waals surface area contributed by atoms with Gasteiger partial charge in [-0.15, -0.1) is 0 Å². The number of esters is 1. The van der Waals surface area contributed by atoms with Crippen LogP contribution < -0.4 is 10.2 Å².